The van der Waals surface area contributed by atoms with Crippen molar-refractivity contribution in [3.63, 3.8) is 0 Å². The molecular formula is C34H42O13. The van der Waals surface area contributed by atoms with E-state index in [4.69, 9.17) is 28.5 Å². The van der Waals surface area contributed by atoms with Gasteiger partial charge in [0, 0.05) is 12.7 Å². The summed E-state index contributed by atoms with van der Waals surface area (Å²) < 4.78 is 29.0. The van der Waals surface area contributed by atoms with E-state index in [1.54, 1.807) is 12.1 Å². The molecule has 2 heterocycles. The molecular weight excluding hydrogens is 616 g/mol. The number of phenols is 1. The number of hydrogen-bond donors (Lipinski definition) is 5. The lowest BCUT2D eigenvalue weighted by atomic mass is 9.77. The Labute approximate surface area is 271 Å². The highest BCUT2D eigenvalue weighted by atomic mass is 16.7. The van der Waals surface area contributed by atoms with Gasteiger partial charge >= 0.3 is 11.9 Å². The highest BCUT2D eigenvalue weighted by Crippen LogP contribution is 2.38. The molecule has 47 heavy (non-hydrogen) atoms. The monoisotopic (exact) mass is 658 g/mol. The summed E-state index contributed by atoms with van der Waals surface area (Å²) in [6.45, 7) is 7.04. The minimum absolute atomic E-state index is 0.0499. The van der Waals surface area contributed by atoms with Gasteiger partial charge in [0.2, 0.25) is 6.29 Å². The van der Waals surface area contributed by atoms with Crippen molar-refractivity contribution in [2.45, 2.75) is 83.3 Å². The van der Waals surface area contributed by atoms with Crippen molar-refractivity contribution in [3.05, 3.63) is 59.0 Å². The number of rotatable bonds is 14. The summed E-state index contributed by atoms with van der Waals surface area (Å²) in [4.78, 5) is 36.3. The molecule has 0 spiro atoms. The first-order valence-corrected chi connectivity index (χ1v) is 15.4. The number of aliphatic hydroxyl groups excluding tert-OH is 2. The Bertz CT molecular complexity index is 1580. The quantitative estimate of drug-likeness (QED) is 0.125. The number of benzene rings is 2. The molecule has 1 aliphatic rings. The Morgan fingerprint density at radius 3 is 2.38 bits per heavy atom. The Balaban J connectivity index is 1.70. The van der Waals surface area contributed by atoms with Crippen molar-refractivity contribution in [2.75, 3.05) is 13.2 Å². The largest absolute Gasteiger partial charge is 0.508 e. The fraction of sp³-hybridized carbons (Fsp3) is 0.500. The van der Waals surface area contributed by atoms with Gasteiger partial charge in [-0.3, -0.25) is 14.4 Å². The highest BCUT2D eigenvalue weighted by molar-refractivity contribution is 5.90. The van der Waals surface area contributed by atoms with E-state index in [0.29, 0.717) is 12.0 Å². The standard InChI is InChI=1S/C34H42O13/c1-18(2)11-12-43-32-33(47-26(17-45-29(39)15-28(37)38)31(41)34(32,42)27(36)13-19(3)4)46-22-9-10-23-25(14-22)44-16-24(30(23)40)20-5-7-21(35)8-6-20/h5-10,14,16,18-19,26-27,31-33,35-36,41-42H,11-13,15,17H2,1-4H3,(H,37,38)/t26-,27+,31-,32+,33-,34+/m0/s1. The minimum atomic E-state index is -2.38. The molecule has 0 radical (unpaired) electrons. The van der Waals surface area contributed by atoms with E-state index in [1.807, 2.05) is 27.7 Å². The summed E-state index contributed by atoms with van der Waals surface area (Å²) in [5.41, 5.74) is -1.72. The molecule has 0 aliphatic carbocycles. The number of fused-ring (bicyclic) bond motifs is 1. The van der Waals surface area contributed by atoms with Crippen LogP contribution in [-0.2, 0) is 23.8 Å². The SMILES string of the molecule is CC(C)CCO[C@@H]1[C@@H](Oc2ccc3c(=O)c(-c4ccc(O)cc4)coc3c2)O[C@@H](COC(=O)CC(=O)O)[C@H](O)[C@]1(O)[C@H](O)CC(C)C. The van der Waals surface area contributed by atoms with Crippen LogP contribution in [0.25, 0.3) is 22.1 Å². The normalized spacial score (nSPS) is 23.6. The van der Waals surface area contributed by atoms with Crippen LogP contribution in [0.1, 0.15) is 47.0 Å². The summed E-state index contributed by atoms with van der Waals surface area (Å²) in [6.07, 6.45) is -6.80. The third kappa shape index (κ3) is 8.48. The zero-order valence-corrected chi connectivity index (χ0v) is 26.7. The second-order valence-corrected chi connectivity index (χ2v) is 12.5. The molecule has 13 nitrogen and oxygen atoms in total. The number of ether oxygens (including phenoxy) is 4. The van der Waals surface area contributed by atoms with Gasteiger partial charge in [0.25, 0.3) is 0 Å². The molecule has 1 saturated heterocycles. The molecule has 256 valence electrons. The third-order valence-corrected chi connectivity index (χ3v) is 7.94. The fourth-order valence-corrected chi connectivity index (χ4v) is 5.39. The van der Waals surface area contributed by atoms with E-state index >= 15 is 0 Å². The lowest BCUT2D eigenvalue weighted by Crippen LogP contribution is -2.73. The fourth-order valence-electron chi connectivity index (χ4n) is 5.39. The van der Waals surface area contributed by atoms with Gasteiger partial charge in [0.05, 0.1) is 17.1 Å². The van der Waals surface area contributed by atoms with Crippen LogP contribution < -0.4 is 10.2 Å². The average Bonchev–Trinajstić information content (AvgIpc) is 2.99. The van der Waals surface area contributed by atoms with Crippen LogP contribution in [-0.4, -0.2) is 87.0 Å². The maximum absolute atomic E-state index is 13.3. The molecule has 0 amide bonds. The third-order valence-electron chi connectivity index (χ3n) is 7.94. The Morgan fingerprint density at radius 1 is 1.04 bits per heavy atom. The Hall–Kier alpha value is -4.01. The number of aliphatic carboxylic acids is 1. The van der Waals surface area contributed by atoms with E-state index in [-0.39, 0.29) is 58.3 Å². The van der Waals surface area contributed by atoms with Gasteiger partial charge in [-0.25, -0.2) is 0 Å². The van der Waals surface area contributed by atoms with Crippen molar-refractivity contribution in [3.8, 4) is 22.6 Å². The summed E-state index contributed by atoms with van der Waals surface area (Å²) in [7, 11) is 0. The molecule has 0 bridgehead atoms. The minimum Gasteiger partial charge on any atom is -0.508 e. The number of carbonyl (C=O) groups is 2. The molecule has 1 aliphatic heterocycles. The van der Waals surface area contributed by atoms with Gasteiger partial charge in [0.15, 0.2) is 17.1 Å². The van der Waals surface area contributed by atoms with E-state index in [0.717, 1.165) is 0 Å². The van der Waals surface area contributed by atoms with E-state index in [2.05, 4.69) is 0 Å². The Morgan fingerprint density at radius 2 is 1.74 bits per heavy atom. The van der Waals surface area contributed by atoms with Gasteiger partial charge in [0.1, 0.15) is 48.6 Å². The van der Waals surface area contributed by atoms with Crippen LogP contribution in [0.5, 0.6) is 11.5 Å². The average molecular weight is 659 g/mol. The van der Waals surface area contributed by atoms with Crippen LogP contribution in [0, 0.1) is 11.8 Å². The van der Waals surface area contributed by atoms with Gasteiger partial charge in [-0.05, 0) is 54.5 Å². The maximum atomic E-state index is 13.3. The van der Waals surface area contributed by atoms with Crippen molar-refractivity contribution < 1.29 is 58.5 Å². The number of carboxylic acids is 1. The van der Waals surface area contributed by atoms with Gasteiger partial charge in [-0.2, -0.15) is 0 Å². The smallest absolute Gasteiger partial charge is 0.317 e. The number of aromatic hydroxyl groups is 1. The van der Waals surface area contributed by atoms with E-state index in [1.165, 1.54) is 36.6 Å². The summed E-state index contributed by atoms with van der Waals surface area (Å²) in [5, 5.41) is 53.5. The predicted octanol–water partition coefficient (Wildman–Crippen LogP) is 3.22. The van der Waals surface area contributed by atoms with E-state index < -0.39 is 61.3 Å². The zero-order chi connectivity index (χ0) is 34.5. The molecule has 0 saturated carbocycles. The predicted molar refractivity (Wildman–Crippen MR) is 168 cm³/mol. The van der Waals surface area contributed by atoms with Gasteiger partial charge < -0.3 is 48.9 Å². The Kier molecular flexibility index (Phi) is 11.6. The molecule has 3 aromatic rings. The van der Waals surface area contributed by atoms with Crippen LogP contribution in [0.2, 0.25) is 0 Å². The first-order valence-electron chi connectivity index (χ1n) is 15.4. The molecule has 6 atom stereocenters. The van der Waals surface area contributed by atoms with Crippen molar-refractivity contribution in [1.29, 1.82) is 0 Å². The molecule has 13 heteroatoms. The second kappa shape index (κ2) is 15.3. The molecule has 2 aromatic carbocycles. The lowest BCUT2D eigenvalue weighted by Gasteiger charge is -2.51. The number of hydrogen-bond acceptors (Lipinski definition) is 12. The number of esters is 1. The topological polar surface area (TPSA) is 202 Å². The van der Waals surface area contributed by atoms with E-state index in [9.17, 15) is 34.8 Å². The van der Waals surface area contributed by atoms with Gasteiger partial charge in [-0.1, -0.05) is 39.8 Å². The van der Waals surface area contributed by atoms with Crippen LogP contribution in [0.15, 0.2) is 57.9 Å². The first kappa shape index (κ1) is 35.8. The summed E-state index contributed by atoms with van der Waals surface area (Å²) in [6, 6.07) is 10.5. The molecule has 4 rings (SSSR count). The zero-order valence-electron chi connectivity index (χ0n) is 26.7. The number of carboxylic acid groups (broad SMARTS) is 1. The van der Waals surface area contributed by atoms with Crippen LogP contribution >= 0.6 is 0 Å². The van der Waals surface area contributed by atoms with Crippen molar-refractivity contribution in [2.24, 2.45) is 11.8 Å². The van der Waals surface area contributed by atoms with Gasteiger partial charge in [-0.15, -0.1) is 0 Å². The summed E-state index contributed by atoms with van der Waals surface area (Å²) >= 11 is 0. The summed E-state index contributed by atoms with van der Waals surface area (Å²) in [5.74, 6) is -2.23. The molecule has 1 aromatic heterocycles. The second-order valence-electron chi connectivity index (χ2n) is 12.5. The van der Waals surface area contributed by atoms with Crippen LogP contribution in [0.4, 0.5) is 0 Å². The van der Waals surface area contributed by atoms with Crippen molar-refractivity contribution >= 4 is 22.9 Å². The molecule has 0 unspecified atom stereocenters. The number of carbonyl (C=O) groups excluding carboxylic acids is 1. The van der Waals surface area contributed by atoms with Crippen LogP contribution in [0.3, 0.4) is 0 Å². The molecule has 5 N–H and O–H groups in total. The maximum Gasteiger partial charge on any atom is 0.317 e. The highest BCUT2D eigenvalue weighted by Gasteiger charge is 2.61. The first-order chi connectivity index (χ1) is 22.2. The number of aliphatic hydroxyl groups is 3. The lowest BCUT2D eigenvalue weighted by molar-refractivity contribution is -0.342. The van der Waals surface area contributed by atoms with Crippen molar-refractivity contribution in [1.82, 2.24) is 0 Å². The molecule has 1 fully saturated rings. The number of phenolic OH excluding ortho intramolecular Hbond substituents is 1.